The Hall–Kier alpha value is -1.63. The highest BCUT2D eigenvalue weighted by Gasteiger charge is 2.25. The molecule has 1 fully saturated rings. The van der Waals surface area contributed by atoms with Crippen LogP contribution in [0.4, 0.5) is 0 Å². The Morgan fingerprint density at radius 1 is 1.26 bits per heavy atom. The predicted molar refractivity (Wildman–Crippen MR) is 86.4 cm³/mol. The van der Waals surface area contributed by atoms with Crippen LogP contribution in [0.1, 0.15) is 18.1 Å². The highest BCUT2D eigenvalue weighted by atomic mass is 35.5. The van der Waals surface area contributed by atoms with Gasteiger partial charge in [0.25, 0.3) is 0 Å². The number of rotatable bonds is 4. The number of hydrogen-bond acceptors (Lipinski definition) is 4. The summed E-state index contributed by atoms with van der Waals surface area (Å²) in [6.45, 7) is 2.18. The number of ether oxygens (including phenoxy) is 1. The van der Waals surface area contributed by atoms with Gasteiger partial charge in [-0.3, -0.25) is 4.79 Å². The minimum atomic E-state index is -0.183. The first kappa shape index (κ1) is 16.2. The molecule has 1 aromatic heterocycles. The number of carbonyl (C=O) groups excluding carboxylic acids is 1. The van der Waals surface area contributed by atoms with Gasteiger partial charge in [-0.15, -0.1) is 10.2 Å². The molecule has 6 nitrogen and oxygen atoms in total. The molecule has 122 valence electrons. The lowest BCUT2D eigenvalue weighted by Gasteiger charge is -2.33. The van der Waals surface area contributed by atoms with Crippen LogP contribution in [0.3, 0.4) is 0 Å². The van der Waals surface area contributed by atoms with Crippen LogP contribution in [-0.2, 0) is 16.1 Å². The predicted octanol–water partition coefficient (Wildman–Crippen LogP) is 2.58. The van der Waals surface area contributed by atoms with E-state index in [0.717, 1.165) is 5.56 Å². The normalized spacial score (nSPS) is 18.2. The summed E-state index contributed by atoms with van der Waals surface area (Å²) >= 11 is 12.0. The van der Waals surface area contributed by atoms with E-state index in [1.54, 1.807) is 29.4 Å². The van der Waals surface area contributed by atoms with Gasteiger partial charge in [0.2, 0.25) is 5.91 Å². The summed E-state index contributed by atoms with van der Waals surface area (Å²) in [4.78, 5) is 14.2. The van der Waals surface area contributed by atoms with Gasteiger partial charge in [0.1, 0.15) is 18.8 Å². The molecule has 0 saturated carbocycles. The van der Waals surface area contributed by atoms with Crippen LogP contribution in [0.15, 0.2) is 30.9 Å². The molecule has 1 atom stereocenters. The van der Waals surface area contributed by atoms with Crippen molar-refractivity contribution in [2.24, 2.45) is 0 Å². The number of halogens is 2. The van der Waals surface area contributed by atoms with Gasteiger partial charge in [-0.2, -0.15) is 0 Å². The van der Waals surface area contributed by atoms with Gasteiger partial charge in [-0.1, -0.05) is 29.3 Å². The van der Waals surface area contributed by atoms with E-state index in [-0.39, 0.29) is 12.0 Å². The number of carbonyl (C=O) groups is 1. The molecule has 0 N–H and O–H groups in total. The van der Waals surface area contributed by atoms with Crippen molar-refractivity contribution < 1.29 is 9.53 Å². The maximum absolute atomic E-state index is 12.4. The van der Waals surface area contributed by atoms with Crippen LogP contribution >= 0.6 is 23.2 Å². The molecule has 1 saturated heterocycles. The molecule has 1 aliphatic rings. The smallest absolute Gasteiger partial charge is 0.224 e. The van der Waals surface area contributed by atoms with Crippen LogP contribution in [0.25, 0.3) is 0 Å². The number of morpholine rings is 1. The minimum Gasteiger partial charge on any atom is -0.370 e. The molecule has 1 amide bonds. The second kappa shape index (κ2) is 7.29. The van der Waals surface area contributed by atoms with Gasteiger partial charge in [0.15, 0.2) is 0 Å². The molecule has 1 aliphatic heterocycles. The molecule has 0 radical (unpaired) electrons. The number of nitrogens with zero attached hydrogens (tertiary/aromatic N) is 4. The van der Waals surface area contributed by atoms with Crippen LogP contribution in [0.2, 0.25) is 10.0 Å². The fourth-order valence-electron chi connectivity index (χ4n) is 2.51. The van der Waals surface area contributed by atoms with Crippen molar-refractivity contribution >= 4 is 29.1 Å². The molecule has 3 rings (SSSR count). The molecule has 1 unspecified atom stereocenters. The maximum Gasteiger partial charge on any atom is 0.224 e. The van der Waals surface area contributed by atoms with Crippen LogP contribution in [-0.4, -0.2) is 45.3 Å². The van der Waals surface area contributed by atoms with E-state index in [1.165, 1.54) is 0 Å². The fourth-order valence-corrected chi connectivity index (χ4v) is 2.82. The van der Waals surface area contributed by atoms with Gasteiger partial charge in [0, 0.05) is 19.5 Å². The zero-order valence-electron chi connectivity index (χ0n) is 12.4. The average Bonchev–Trinajstić information content (AvgIpc) is 3.09. The van der Waals surface area contributed by atoms with E-state index in [9.17, 15) is 4.79 Å². The summed E-state index contributed by atoms with van der Waals surface area (Å²) in [7, 11) is 0. The molecule has 0 bridgehead atoms. The second-order valence-electron chi connectivity index (χ2n) is 5.32. The van der Waals surface area contributed by atoms with Crippen molar-refractivity contribution in [1.29, 1.82) is 0 Å². The summed E-state index contributed by atoms with van der Waals surface area (Å²) < 4.78 is 7.56. The van der Waals surface area contributed by atoms with Crippen LogP contribution in [0, 0.1) is 0 Å². The second-order valence-corrected chi connectivity index (χ2v) is 6.14. The van der Waals surface area contributed by atoms with Crippen molar-refractivity contribution in [2.45, 2.75) is 19.1 Å². The van der Waals surface area contributed by atoms with Gasteiger partial charge in [0.05, 0.1) is 23.2 Å². The summed E-state index contributed by atoms with van der Waals surface area (Å²) in [5.74, 6) is 0.0899. The summed E-state index contributed by atoms with van der Waals surface area (Å²) in [5, 5.41) is 8.45. The zero-order chi connectivity index (χ0) is 16.2. The minimum absolute atomic E-state index is 0.0899. The molecular formula is C15H16Cl2N4O2. The zero-order valence-corrected chi connectivity index (χ0v) is 13.9. The van der Waals surface area contributed by atoms with Crippen LogP contribution in [0.5, 0.6) is 0 Å². The van der Waals surface area contributed by atoms with Crippen molar-refractivity contribution in [3.63, 3.8) is 0 Å². The quantitative estimate of drug-likeness (QED) is 0.846. The fraction of sp³-hybridized carbons (Fsp3) is 0.400. The number of hydrogen-bond donors (Lipinski definition) is 0. The Bertz CT molecular complexity index is 678. The Kier molecular flexibility index (Phi) is 5.15. The first-order chi connectivity index (χ1) is 11.1. The molecular weight excluding hydrogens is 339 g/mol. The third-order valence-corrected chi connectivity index (χ3v) is 4.52. The van der Waals surface area contributed by atoms with E-state index < -0.39 is 0 Å². The lowest BCUT2D eigenvalue weighted by Crippen LogP contribution is -2.42. The SMILES string of the molecule is O=C(CCn1cnnc1)N1CCOC(c2ccc(Cl)c(Cl)c2)C1. The highest BCUT2D eigenvalue weighted by Crippen LogP contribution is 2.29. The number of aromatic nitrogens is 3. The largest absolute Gasteiger partial charge is 0.370 e. The average molecular weight is 355 g/mol. The van der Waals surface area contributed by atoms with Crippen molar-refractivity contribution in [3.05, 3.63) is 46.5 Å². The van der Waals surface area contributed by atoms with Gasteiger partial charge < -0.3 is 14.2 Å². The first-order valence-electron chi connectivity index (χ1n) is 7.30. The van der Waals surface area contributed by atoms with Gasteiger partial charge in [-0.25, -0.2) is 0 Å². The van der Waals surface area contributed by atoms with E-state index in [1.807, 2.05) is 11.0 Å². The Balaban J connectivity index is 1.60. The van der Waals surface area contributed by atoms with E-state index in [4.69, 9.17) is 27.9 Å². The summed E-state index contributed by atoms with van der Waals surface area (Å²) in [6, 6.07) is 5.42. The van der Waals surface area contributed by atoms with E-state index in [2.05, 4.69) is 10.2 Å². The van der Waals surface area contributed by atoms with Gasteiger partial charge >= 0.3 is 0 Å². The number of aryl methyl sites for hydroxylation is 1. The lowest BCUT2D eigenvalue weighted by atomic mass is 10.1. The van der Waals surface area contributed by atoms with Crippen molar-refractivity contribution in [2.75, 3.05) is 19.7 Å². The molecule has 2 aromatic rings. The first-order valence-corrected chi connectivity index (χ1v) is 8.06. The third kappa shape index (κ3) is 4.02. The number of amides is 1. The Morgan fingerprint density at radius 3 is 2.78 bits per heavy atom. The lowest BCUT2D eigenvalue weighted by molar-refractivity contribution is -0.139. The van der Waals surface area contributed by atoms with Crippen molar-refractivity contribution in [1.82, 2.24) is 19.7 Å². The maximum atomic E-state index is 12.4. The summed E-state index contributed by atoms with van der Waals surface area (Å²) in [6.07, 6.45) is 3.43. The highest BCUT2D eigenvalue weighted by molar-refractivity contribution is 6.42. The van der Waals surface area contributed by atoms with Gasteiger partial charge in [-0.05, 0) is 17.7 Å². The number of benzene rings is 1. The Morgan fingerprint density at radius 2 is 2.04 bits per heavy atom. The standard InChI is InChI=1S/C15H16Cl2N4O2/c16-12-2-1-11(7-13(12)17)14-8-21(5-6-23-14)15(22)3-4-20-9-18-19-10-20/h1-2,7,9-10,14H,3-6,8H2. The summed E-state index contributed by atoms with van der Waals surface area (Å²) in [5.41, 5.74) is 0.927. The molecule has 2 heterocycles. The molecule has 0 aliphatic carbocycles. The monoisotopic (exact) mass is 354 g/mol. The van der Waals surface area contributed by atoms with Crippen molar-refractivity contribution in [3.8, 4) is 0 Å². The molecule has 8 heteroatoms. The Labute approximate surface area is 144 Å². The van der Waals surface area contributed by atoms with Crippen LogP contribution < -0.4 is 0 Å². The molecule has 1 aromatic carbocycles. The molecule has 0 spiro atoms. The third-order valence-electron chi connectivity index (χ3n) is 3.79. The molecule has 23 heavy (non-hydrogen) atoms. The topological polar surface area (TPSA) is 60.2 Å². The van der Waals surface area contributed by atoms with E-state index >= 15 is 0 Å². The van der Waals surface area contributed by atoms with E-state index in [0.29, 0.717) is 42.7 Å².